The summed E-state index contributed by atoms with van der Waals surface area (Å²) in [6.07, 6.45) is 3.55. The van der Waals surface area contributed by atoms with Crippen molar-refractivity contribution in [2.24, 2.45) is 0 Å². The van der Waals surface area contributed by atoms with Gasteiger partial charge in [0.2, 0.25) is 0 Å². The lowest BCUT2D eigenvalue weighted by atomic mass is 10.2. The fourth-order valence-electron chi connectivity index (χ4n) is 1.33. The minimum Gasteiger partial charge on any atom is -0.545 e. The molecule has 0 atom stereocenters. The van der Waals surface area contributed by atoms with Crippen LogP contribution in [-0.4, -0.2) is 15.8 Å². The molecule has 0 spiro atoms. The smallest absolute Gasteiger partial charge is 0.276 e. The van der Waals surface area contributed by atoms with E-state index in [-0.39, 0.29) is 0 Å². The van der Waals surface area contributed by atoms with Gasteiger partial charge in [-0.15, -0.1) is 0 Å². The molecule has 1 heterocycles. The lowest BCUT2D eigenvalue weighted by molar-refractivity contribution is -0.394. The Labute approximate surface area is 123 Å². The number of non-ortho nitro benzene ring substituents is 2. The van der Waals surface area contributed by atoms with Crippen LogP contribution in [0.25, 0.3) is 0 Å². The first kappa shape index (κ1) is 16.5. The Bertz CT molecular complexity index is 625. The van der Waals surface area contributed by atoms with Crippen LogP contribution in [0.3, 0.4) is 0 Å². The number of carboxylic acid groups (broad SMARTS) is 1. The maximum atomic E-state index is 10.4. The van der Waals surface area contributed by atoms with Crippen molar-refractivity contribution in [1.82, 2.24) is 0 Å². The van der Waals surface area contributed by atoms with Crippen molar-refractivity contribution < 1.29 is 24.7 Å². The minimum atomic E-state index is -1.71. The highest BCUT2D eigenvalue weighted by Crippen LogP contribution is 2.22. The number of nitrogens with two attached hydrogens (primary N) is 1. The molecular formula is C12H10N4O6. The number of aromatic nitrogens is 1. The highest BCUT2D eigenvalue weighted by atomic mass is 16.6. The first-order chi connectivity index (χ1) is 10.3. The van der Waals surface area contributed by atoms with Gasteiger partial charge in [-0.25, -0.2) is 4.98 Å². The maximum Gasteiger partial charge on any atom is 0.276 e. The number of carbonyl (C=O) groups excluding carboxylic acids is 1. The first-order valence-corrected chi connectivity index (χ1v) is 5.68. The fourth-order valence-corrected chi connectivity index (χ4v) is 1.33. The van der Waals surface area contributed by atoms with E-state index in [9.17, 15) is 30.1 Å². The average molecular weight is 306 g/mol. The van der Waals surface area contributed by atoms with Crippen LogP contribution in [0.1, 0.15) is 10.4 Å². The van der Waals surface area contributed by atoms with E-state index in [1.54, 1.807) is 6.20 Å². The Morgan fingerprint density at radius 3 is 1.91 bits per heavy atom. The van der Waals surface area contributed by atoms with E-state index in [0.717, 1.165) is 5.69 Å². The second-order valence-electron chi connectivity index (χ2n) is 3.88. The predicted molar refractivity (Wildman–Crippen MR) is 71.5 cm³/mol. The van der Waals surface area contributed by atoms with Crippen LogP contribution < -0.4 is 15.8 Å². The number of carboxylic acids is 1. The van der Waals surface area contributed by atoms with Crippen molar-refractivity contribution in [3.63, 3.8) is 0 Å². The predicted octanol–water partition coefficient (Wildman–Crippen LogP) is -0.0506. The molecule has 0 aliphatic heterocycles. The fraction of sp³-hybridized carbons (Fsp3) is 0. The van der Waals surface area contributed by atoms with E-state index in [1.165, 1.54) is 0 Å². The molecule has 2 rings (SSSR count). The number of pyridine rings is 1. The molecule has 22 heavy (non-hydrogen) atoms. The monoisotopic (exact) mass is 306 g/mol. The molecule has 2 aromatic rings. The highest BCUT2D eigenvalue weighted by molar-refractivity contribution is 5.87. The van der Waals surface area contributed by atoms with Gasteiger partial charge in [-0.05, 0) is 6.07 Å². The normalized spacial score (nSPS) is 9.27. The van der Waals surface area contributed by atoms with Crippen molar-refractivity contribution in [3.8, 4) is 0 Å². The highest BCUT2D eigenvalue weighted by Gasteiger charge is 2.16. The summed E-state index contributed by atoms with van der Waals surface area (Å²) >= 11 is 0. The number of hydrogen-bond donors (Lipinski definition) is 1. The standard InChI is InChI=1S/C7H4N2O6.C5H6N2/c10-7(11)4-1-5(8(12)13)3-6(2-4)9(14)15;6-5-2-1-3-7-4-5/h1-3H,(H,10,11);1-4H,6H2. The summed E-state index contributed by atoms with van der Waals surface area (Å²) in [5.41, 5.74) is 4.16. The second kappa shape index (κ2) is 7.28. The van der Waals surface area contributed by atoms with E-state index < -0.39 is 32.8 Å². The molecule has 114 valence electrons. The molecule has 0 saturated heterocycles. The zero-order chi connectivity index (χ0) is 16.7. The number of nitrogens with one attached hydrogen (secondary N) is 1. The van der Waals surface area contributed by atoms with Gasteiger partial charge in [-0.1, -0.05) is 0 Å². The van der Waals surface area contributed by atoms with Gasteiger partial charge in [-0.2, -0.15) is 0 Å². The third kappa shape index (κ3) is 4.85. The molecule has 0 amide bonds. The van der Waals surface area contributed by atoms with Gasteiger partial charge in [0.25, 0.3) is 11.4 Å². The van der Waals surface area contributed by atoms with E-state index in [4.69, 9.17) is 5.73 Å². The van der Waals surface area contributed by atoms with Crippen LogP contribution in [0, 0.1) is 20.2 Å². The molecule has 0 unspecified atom stereocenters. The number of nitro groups is 2. The Morgan fingerprint density at radius 1 is 1.09 bits per heavy atom. The van der Waals surface area contributed by atoms with Gasteiger partial charge < -0.3 is 15.6 Å². The largest absolute Gasteiger partial charge is 0.545 e. The van der Waals surface area contributed by atoms with Gasteiger partial charge in [0.15, 0.2) is 12.4 Å². The van der Waals surface area contributed by atoms with Gasteiger partial charge in [0, 0.05) is 23.8 Å². The Morgan fingerprint density at radius 2 is 1.64 bits per heavy atom. The molecule has 0 saturated carbocycles. The number of aromatic carboxylic acids is 1. The zero-order valence-corrected chi connectivity index (χ0v) is 11.0. The summed E-state index contributed by atoms with van der Waals surface area (Å²) in [4.78, 5) is 32.0. The van der Waals surface area contributed by atoms with E-state index >= 15 is 0 Å². The molecule has 10 heteroatoms. The lowest BCUT2D eigenvalue weighted by Crippen LogP contribution is -2.22. The van der Waals surface area contributed by atoms with Crippen LogP contribution in [0.4, 0.5) is 17.1 Å². The number of benzene rings is 1. The van der Waals surface area contributed by atoms with Crippen LogP contribution >= 0.6 is 0 Å². The zero-order valence-electron chi connectivity index (χ0n) is 11.0. The van der Waals surface area contributed by atoms with Crippen LogP contribution in [0.5, 0.6) is 0 Å². The lowest BCUT2D eigenvalue weighted by Gasteiger charge is -2.01. The van der Waals surface area contributed by atoms with Crippen LogP contribution in [0.2, 0.25) is 0 Å². The minimum absolute atomic E-state index is 0.601. The number of nitro benzene ring substituents is 2. The van der Waals surface area contributed by atoms with Crippen LogP contribution in [0.15, 0.2) is 42.7 Å². The number of hydrogen-bond acceptors (Lipinski definition) is 7. The summed E-state index contributed by atoms with van der Waals surface area (Å²) in [6, 6.07) is 5.75. The number of aromatic amines is 1. The summed E-state index contributed by atoms with van der Waals surface area (Å²) < 4.78 is 0. The molecule has 3 N–H and O–H groups in total. The number of anilines is 1. The average Bonchev–Trinajstić information content (AvgIpc) is 2.48. The summed E-state index contributed by atoms with van der Waals surface area (Å²) in [6.45, 7) is 0. The number of nitrogen functional groups attached to an aromatic ring is 1. The Balaban J connectivity index is 0.000000287. The van der Waals surface area contributed by atoms with Crippen molar-refractivity contribution in [1.29, 1.82) is 0 Å². The maximum absolute atomic E-state index is 10.4. The van der Waals surface area contributed by atoms with Crippen molar-refractivity contribution in [2.75, 3.05) is 5.73 Å². The summed E-state index contributed by atoms with van der Waals surface area (Å²) in [7, 11) is 0. The number of rotatable bonds is 3. The second-order valence-corrected chi connectivity index (χ2v) is 3.88. The molecule has 0 aliphatic carbocycles. The van der Waals surface area contributed by atoms with E-state index in [2.05, 4.69) is 4.98 Å². The molecule has 0 fully saturated rings. The summed E-state index contributed by atoms with van der Waals surface area (Å²) in [5.74, 6) is -1.71. The number of nitrogens with zero attached hydrogens (tertiary/aromatic N) is 2. The SMILES string of the molecule is Nc1ccc[nH+]c1.O=C([O-])c1cc([N+](=O)[O-])cc([N+](=O)[O-])c1. The van der Waals surface area contributed by atoms with Crippen molar-refractivity contribution in [3.05, 3.63) is 68.5 Å². The van der Waals surface area contributed by atoms with Gasteiger partial charge in [0.1, 0.15) is 0 Å². The van der Waals surface area contributed by atoms with Crippen molar-refractivity contribution in [2.45, 2.75) is 0 Å². The third-order valence-electron chi connectivity index (χ3n) is 2.29. The quantitative estimate of drug-likeness (QED) is 0.612. The van der Waals surface area contributed by atoms with E-state index in [1.807, 2.05) is 18.3 Å². The molecule has 10 nitrogen and oxygen atoms in total. The van der Waals surface area contributed by atoms with E-state index in [0.29, 0.717) is 18.2 Å². The number of carbonyl (C=O) groups is 1. The third-order valence-corrected chi connectivity index (χ3v) is 2.29. The van der Waals surface area contributed by atoms with Crippen molar-refractivity contribution >= 4 is 23.0 Å². The number of H-pyrrole nitrogens is 1. The van der Waals surface area contributed by atoms with Gasteiger partial charge in [0.05, 0.1) is 27.6 Å². The first-order valence-electron chi connectivity index (χ1n) is 5.68. The Hall–Kier alpha value is -3.56. The molecule has 0 radical (unpaired) electrons. The topological polar surface area (TPSA) is 167 Å². The molecule has 1 aromatic carbocycles. The molecule has 0 bridgehead atoms. The van der Waals surface area contributed by atoms with Gasteiger partial charge >= 0.3 is 0 Å². The molecule has 1 aromatic heterocycles. The summed E-state index contributed by atoms with van der Waals surface area (Å²) in [5, 5.41) is 31.0. The Kier molecular flexibility index (Phi) is 5.46. The molecular weight excluding hydrogens is 296 g/mol. The van der Waals surface area contributed by atoms with Crippen LogP contribution in [-0.2, 0) is 0 Å². The molecule has 0 aliphatic rings. The van der Waals surface area contributed by atoms with Gasteiger partial charge in [-0.3, -0.25) is 20.2 Å².